The molecule has 0 aliphatic carbocycles. The topological polar surface area (TPSA) is 33.0 Å². The van der Waals surface area contributed by atoms with E-state index < -0.39 is 0 Å². The van der Waals surface area contributed by atoms with Gasteiger partial charge in [0.25, 0.3) is 0 Å². The number of hydrogen-bond acceptors (Lipinski definition) is 2. The molecule has 0 heterocycles. The fourth-order valence-electron chi connectivity index (χ4n) is 1.80. The molecule has 0 N–H and O–H groups in total. The molecule has 0 atom stereocenters. The Bertz CT molecular complexity index is 691. The summed E-state index contributed by atoms with van der Waals surface area (Å²) < 4.78 is 17.9. The fraction of sp³-hybridized carbons (Fsp3) is 0.0556. The summed E-state index contributed by atoms with van der Waals surface area (Å²) in [6.45, 7) is 0. The van der Waals surface area contributed by atoms with Crippen LogP contribution in [0, 0.1) is 17.1 Å². The fourth-order valence-corrected chi connectivity index (χ4v) is 1.80. The smallest absolute Gasteiger partial charge is 0.123 e. The lowest BCUT2D eigenvalue weighted by atomic mass is 10.1. The average molecular weight is 279 g/mol. The maximum Gasteiger partial charge on any atom is 0.123 e. The second kappa shape index (κ2) is 7.06. The number of benzene rings is 2. The third kappa shape index (κ3) is 4.05. The van der Waals surface area contributed by atoms with Crippen LogP contribution in [0.3, 0.4) is 0 Å². The first kappa shape index (κ1) is 14.5. The van der Waals surface area contributed by atoms with Gasteiger partial charge in [0.05, 0.1) is 18.8 Å². The summed E-state index contributed by atoms with van der Waals surface area (Å²) in [5, 5.41) is 9.15. The summed E-state index contributed by atoms with van der Waals surface area (Å²) in [4.78, 5) is 0. The van der Waals surface area contributed by atoms with E-state index in [2.05, 4.69) is 6.07 Å². The van der Waals surface area contributed by atoms with Gasteiger partial charge in [-0.25, -0.2) is 4.39 Å². The van der Waals surface area contributed by atoms with Gasteiger partial charge in [-0.2, -0.15) is 5.26 Å². The number of allylic oxidation sites excluding steroid dienone is 3. The van der Waals surface area contributed by atoms with Crippen molar-refractivity contribution in [2.45, 2.75) is 0 Å². The van der Waals surface area contributed by atoms with E-state index in [0.29, 0.717) is 11.1 Å². The van der Waals surface area contributed by atoms with Crippen LogP contribution >= 0.6 is 0 Å². The highest BCUT2D eigenvalue weighted by molar-refractivity contribution is 5.78. The summed E-state index contributed by atoms with van der Waals surface area (Å²) in [5.74, 6) is 0.483. The van der Waals surface area contributed by atoms with Gasteiger partial charge in [-0.3, -0.25) is 0 Å². The SMILES string of the molecule is COc1ccc(C=CC=C(C#N)c2ccc(F)cc2)cc1. The lowest BCUT2D eigenvalue weighted by Crippen LogP contribution is -1.82. The molecule has 2 aromatic carbocycles. The molecule has 3 heteroatoms. The Balaban J connectivity index is 2.15. The number of nitriles is 1. The Kier molecular flexibility index (Phi) is 4.89. The van der Waals surface area contributed by atoms with E-state index in [-0.39, 0.29) is 5.82 Å². The Hall–Kier alpha value is -2.86. The van der Waals surface area contributed by atoms with Crippen LogP contribution in [0.25, 0.3) is 11.6 Å². The predicted molar refractivity (Wildman–Crippen MR) is 82.0 cm³/mol. The molecule has 0 spiro atoms. The summed E-state index contributed by atoms with van der Waals surface area (Å²) in [6.07, 6.45) is 5.39. The molecule has 21 heavy (non-hydrogen) atoms. The van der Waals surface area contributed by atoms with E-state index in [1.165, 1.54) is 12.1 Å². The van der Waals surface area contributed by atoms with Gasteiger partial charge in [-0.1, -0.05) is 36.4 Å². The third-order valence-electron chi connectivity index (χ3n) is 2.94. The van der Waals surface area contributed by atoms with Crippen LogP contribution in [0.2, 0.25) is 0 Å². The molecule has 0 unspecified atom stereocenters. The van der Waals surface area contributed by atoms with Crippen LogP contribution in [0.5, 0.6) is 5.75 Å². The molecule has 0 radical (unpaired) electrons. The number of methoxy groups -OCH3 is 1. The molecule has 0 aliphatic rings. The highest BCUT2D eigenvalue weighted by atomic mass is 19.1. The lowest BCUT2D eigenvalue weighted by Gasteiger charge is -1.99. The van der Waals surface area contributed by atoms with Gasteiger partial charge in [0, 0.05) is 0 Å². The summed E-state index contributed by atoms with van der Waals surface area (Å²) >= 11 is 0. The molecule has 2 aromatic rings. The monoisotopic (exact) mass is 279 g/mol. The Morgan fingerprint density at radius 2 is 1.76 bits per heavy atom. The zero-order chi connectivity index (χ0) is 15.1. The van der Waals surface area contributed by atoms with Crippen molar-refractivity contribution in [2.75, 3.05) is 7.11 Å². The van der Waals surface area contributed by atoms with E-state index in [1.807, 2.05) is 30.3 Å². The first-order valence-corrected chi connectivity index (χ1v) is 6.41. The summed E-state index contributed by atoms with van der Waals surface area (Å²) in [5.41, 5.74) is 2.18. The average Bonchev–Trinajstić information content (AvgIpc) is 2.53. The molecule has 2 rings (SSSR count). The van der Waals surface area contributed by atoms with Crippen molar-refractivity contribution in [3.05, 3.63) is 77.6 Å². The molecule has 0 saturated carbocycles. The van der Waals surface area contributed by atoms with Crippen LogP contribution in [0.1, 0.15) is 11.1 Å². The highest BCUT2D eigenvalue weighted by Crippen LogP contribution is 2.16. The van der Waals surface area contributed by atoms with Crippen molar-refractivity contribution in [1.82, 2.24) is 0 Å². The molecular weight excluding hydrogens is 265 g/mol. The molecule has 0 saturated heterocycles. The zero-order valence-electron chi connectivity index (χ0n) is 11.6. The molecule has 0 fully saturated rings. The predicted octanol–water partition coefficient (Wildman–Crippen LogP) is 4.45. The number of ether oxygens (including phenoxy) is 1. The van der Waals surface area contributed by atoms with Gasteiger partial charge in [0.15, 0.2) is 0 Å². The minimum atomic E-state index is -0.315. The molecule has 0 aromatic heterocycles. The molecule has 0 aliphatic heterocycles. The Labute approximate surface area is 123 Å². The van der Waals surface area contributed by atoms with Gasteiger partial charge in [0.2, 0.25) is 0 Å². The summed E-state index contributed by atoms with van der Waals surface area (Å²) in [6, 6.07) is 15.6. The van der Waals surface area contributed by atoms with Crippen molar-refractivity contribution in [3.8, 4) is 11.8 Å². The molecule has 104 valence electrons. The Morgan fingerprint density at radius 3 is 2.33 bits per heavy atom. The van der Waals surface area contributed by atoms with Crippen LogP contribution in [-0.4, -0.2) is 7.11 Å². The quantitative estimate of drug-likeness (QED) is 0.611. The Morgan fingerprint density at radius 1 is 1.10 bits per heavy atom. The zero-order valence-corrected chi connectivity index (χ0v) is 11.6. The molecule has 2 nitrogen and oxygen atoms in total. The minimum Gasteiger partial charge on any atom is -0.497 e. The number of nitrogens with zero attached hydrogens (tertiary/aromatic N) is 1. The van der Waals surface area contributed by atoms with E-state index in [4.69, 9.17) is 10.00 Å². The number of hydrogen-bond donors (Lipinski definition) is 0. The first-order chi connectivity index (χ1) is 10.2. The van der Waals surface area contributed by atoms with Gasteiger partial charge >= 0.3 is 0 Å². The maximum absolute atomic E-state index is 12.9. The second-order valence-electron chi connectivity index (χ2n) is 4.33. The van der Waals surface area contributed by atoms with E-state index in [9.17, 15) is 4.39 Å². The highest BCUT2D eigenvalue weighted by Gasteiger charge is 1.99. The first-order valence-electron chi connectivity index (χ1n) is 6.41. The maximum atomic E-state index is 12.9. The van der Waals surface area contributed by atoms with Crippen molar-refractivity contribution in [1.29, 1.82) is 5.26 Å². The number of halogens is 1. The third-order valence-corrected chi connectivity index (χ3v) is 2.94. The van der Waals surface area contributed by atoms with E-state index in [1.54, 1.807) is 31.4 Å². The van der Waals surface area contributed by atoms with Gasteiger partial charge in [-0.05, 0) is 41.5 Å². The lowest BCUT2D eigenvalue weighted by molar-refractivity contribution is 0.415. The van der Waals surface area contributed by atoms with Crippen LogP contribution in [-0.2, 0) is 0 Å². The van der Waals surface area contributed by atoms with E-state index in [0.717, 1.165) is 11.3 Å². The minimum absolute atomic E-state index is 0.315. The van der Waals surface area contributed by atoms with Crippen molar-refractivity contribution < 1.29 is 9.13 Å². The van der Waals surface area contributed by atoms with Crippen molar-refractivity contribution in [2.24, 2.45) is 0 Å². The largest absolute Gasteiger partial charge is 0.497 e. The molecular formula is C18H14FNO. The van der Waals surface area contributed by atoms with Crippen LogP contribution in [0.4, 0.5) is 4.39 Å². The van der Waals surface area contributed by atoms with Gasteiger partial charge in [0.1, 0.15) is 11.6 Å². The van der Waals surface area contributed by atoms with Gasteiger partial charge in [-0.15, -0.1) is 0 Å². The van der Waals surface area contributed by atoms with Crippen LogP contribution in [0.15, 0.2) is 60.7 Å². The standard InChI is InChI=1S/C18H14FNO/c1-21-18-11-5-14(6-12-18)3-2-4-16(13-20)15-7-9-17(19)10-8-15/h2-12H,1H3. The molecule has 0 bridgehead atoms. The second-order valence-corrected chi connectivity index (χ2v) is 4.33. The summed E-state index contributed by atoms with van der Waals surface area (Å²) in [7, 11) is 1.62. The molecule has 0 amide bonds. The normalized spacial score (nSPS) is 11.4. The number of rotatable bonds is 4. The van der Waals surface area contributed by atoms with Crippen molar-refractivity contribution in [3.63, 3.8) is 0 Å². The van der Waals surface area contributed by atoms with Crippen LogP contribution < -0.4 is 4.74 Å². The van der Waals surface area contributed by atoms with E-state index >= 15 is 0 Å². The van der Waals surface area contributed by atoms with Gasteiger partial charge < -0.3 is 4.74 Å². The van der Waals surface area contributed by atoms with Crippen molar-refractivity contribution >= 4 is 11.6 Å².